The van der Waals surface area contributed by atoms with Crippen LogP contribution in [0.5, 0.6) is 0 Å². The van der Waals surface area contributed by atoms with E-state index in [2.05, 4.69) is 17.4 Å². The minimum absolute atomic E-state index is 0.129. The maximum atomic E-state index is 11.5. The van der Waals surface area contributed by atoms with Crippen molar-refractivity contribution in [1.29, 1.82) is 0 Å². The number of hydrogen-bond donors (Lipinski definition) is 2. The zero-order valence-corrected chi connectivity index (χ0v) is 10.6. The van der Waals surface area contributed by atoms with Crippen LogP contribution >= 0.6 is 0 Å². The van der Waals surface area contributed by atoms with E-state index >= 15 is 0 Å². The second kappa shape index (κ2) is 4.73. The SMILES string of the molecule is NC(c1ccc2c(c1)CCCC(=O)N2)C1CCC1. The van der Waals surface area contributed by atoms with Crippen LogP contribution in [0.2, 0.25) is 0 Å². The molecule has 1 aliphatic heterocycles. The Morgan fingerprint density at radius 3 is 2.78 bits per heavy atom. The third kappa shape index (κ3) is 2.15. The zero-order chi connectivity index (χ0) is 12.5. The molecule has 3 N–H and O–H groups in total. The molecular formula is C15H20N2O. The normalized spacial score (nSPS) is 21.5. The molecule has 0 radical (unpaired) electrons. The second-order valence-electron chi connectivity index (χ2n) is 5.54. The van der Waals surface area contributed by atoms with Gasteiger partial charge >= 0.3 is 0 Å². The Balaban J connectivity index is 1.85. The first-order valence-electron chi connectivity index (χ1n) is 6.92. The highest BCUT2D eigenvalue weighted by molar-refractivity contribution is 5.92. The van der Waals surface area contributed by atoms with Crippen LogP contribution in [-0.2, 0) is 11.2 Å². The lowest BCUT2D eigenvalue weighted by Crippen LogP contribution is -2.26. The molecule has 3 heteroatoms. The number of rotatable bonds is 2. The monoisotopic (exact) mass is 244 g/mol. The van der Waals surface area contributed by atoms with Crippen LogP contribution in [-0.4, -0.2) is 5.91 Å². The Bertz CT molecular complexity index is 466. The average Bonchev–Trinajstić information content (AvgIpc) is 2.46. The lowest BCUT2D eigenvalue weighted by atomic mass is 9.77. The number of carbonyl (C=O) groups is 1. The Morgan fingerprint density at radius 2 is 2.06 bits per heavy atom. The average molecular weight is 244 g/mol. The van der Waals surface area contributed by atoms with Crippen LogP contribution in [0, 0.1) is 5.92 Å². The quantitative estimate of drug-likeness (QED) is 0.840. The summed E-state index contributed by atoms with van der Waals surface area (Å²) in [5.74, 6) is 0.785. The summed E-state index contributed by atoms with van der Waals surface area (Å²) in [6.45, 7) is 0. The van der Waals surface area contributed by atoms with Crippen molar-refractivity contribution < 1.29 is 4.79 Å². The fourth-order valence-electron chi connectivity index (χ4n) is 2.87. The predicted octanol–water partition coefficient (Wildman–Crippen LogP) is 2.76. The van der Waals surface area contributed by atoms with Crippen LogP contribution in [0.15, 0.2) is 18.2 Å². The van der Waals surface area contributed by atoms with Crippen molar-refractivity contribution in [2.45, 2.75) is 44.6 Å². The molecule has 1 amide bonds. The van der Waals surface area contributed by atoms with E-state index in [0.29, 0.717) is 12.3 Å². The standard InChI is InChI=1S/C15H20N2O/c16-15(10-3-1-4-10)12-7-8-13-11(9-12)5-2-6-14(18)17-13/h7-10,15H,1-6,16H2,(H,17,18). The molecule has 18 heavy (non-hydrogen) atoms. The van der Waals surface area contributed by atoms with Gasteiger partial charge in [-0.25, -0.2) is 0 Å². The van der Waals surface area contributed by atoms with Crippen LogP contribution in [0.4, 0.5) is 5.69 Å². The molecule has 0 saturated heterocycles. The largest absolute Gasteiger partial charge is 0.326 e. The Labute approximate surface area is 108 Å². The van der Waals surface area contributed by atoms with Gasteiger partial charge in [0.05, 0.1) is 0 Å². The van der Waals surface area contributed by atoms with Gasteiger partial charge in [0.15, 0.2) is 0 Å². The van der Waals surface area contributed by atoms with Gasteiger partial charge < -0.3 is 11.1 Å². The number of amides is 1. The van der Waals surface area contributed by atoms with Gasteiger partial charge in [-0.1, -0.05) is 18.6 Å². The molecule has 1 atom stereocenters. The smallest absolute Gasteiger partial charge is 0.224 e. The van der Waals surface area contributed by atoms with Crippen molar-refractivity contribution in [2.24, 2.45) is 11.7 Å². The molecular weight excluding hydrogens is 224 g/mol. The van der Waals surface area contributed by atoms with Gasteiger partial charge in [0, 0.05) is 18.2 Å². The molecule has 0 bridgehead atoms. The number of carbonyl (C=O) groups excluding carboxylic acids is 1. The Kier molecular flexibility index (Phi) is 3.08. The minimum Gasteiger partial charge on any atom is -0.326 e. The van der Waals surface area contributed by atoms with Crippen LogP contribution in [0.3, 0.4) is 0 Å². The molecule has 1 aliphatic carbocycles. The van der Waals surface area contributed by atoms with E-state index in [1.165, 1.54) is 30.4 Å². The third-order valence-corrected chi connectivity index (χ3v) is 4.30. The first kappa shape index (κ1) is 11.7. The summed E-state index contributed by atoms with van der Waals surface area (Å²) in [6, 6.07) is 6.46. The van der Waals surface area contributed by atoms with Crippen LogP contribution in [0.25, 0.3) is 0 Å². The zero-order valence-electron chi connectivity index (χ0n) is 10.6. The predicted molar refractivity (Wildman–Crippen MR) is 72.3 cm³/mol. The van der Waals surface area contributed by atoms with Gasteiger partial charge in [0.1, 0.15) is 0 Å². The molecule has 0 spiro atoms. The van der Waals surface area contributed by atoms with E-state index in [1.807, 2.05) is 6.07 Å². The molecule has 1 aromatic rings. The summed E-state index contributed by atoms with van der Waals surface area (Å²) in [5.41, 5.74) is 9.76. The number of hydrogen-bond acceptors (Lipinski definition) is 2. The van der Waals surface area contributed by atoms with Gasteiger partial charge in [0.25, 0.3) is 0 Å². The molecule has 0 aromatic heterocycles. The van der Waals surface area contributed by atoms with Crippen molar-refractivity contribution in [3.05, 3.63) is 29.3 Å². The van der Waals surface area contributed by atoms with Gasteiger partial charge in [-0.05, 0) is 48.8 Å². The maximum Gasteiger partial charge on any atom is 0.224 e. The van der Waals surface area contributed by atoms with Crippen molar-refractivity contribution in [2.75, 3.05) is 5.32 Å². The molecule has 1 fully saturated rings. The van der Waals surface area contributed by atoms with E-state index in [1.54, 1.807) is 0 Å². The maximum absolute atomic E-state index is 11.5. The number of fused-ring (bicyclic) bond motifs is 1. The number of nitrogens with one attached hydrogen (secondary N) is 1. The summed E-state index contributed by atoms with van der Waals surface area (Å²) in [4.78, 5) is 11.5. The molecule has 1 aromatic carbocycles. The first-order chi connectivity index (χ1) is 8.74. The summed E-state index contributed by atoms with van der Waals surface area (Å²) in [6.07, 6.45) is 6.36. The number of anilines is 1. The van der Waals surface area contributed by atoms with Gasteiger partial charge in [0.2, 0.25) is 5.91 Å². The van der Waals surface area contributed by atoms with Crippen LogP contribution in [0.1, 0.15) is 49.3 Å². The van der Waals surface area contributed by atoms with E-state index in [-0.39, 0.29) is 11.9 Å². The summed E-state index contributed by atoms with van der Waals surface area (Å²) >= 11 is 0. The van der Waals surface area contributed by atoms with Crippen molar-refractivity contribution in [3.8, 4) is 0 Å². The van der Waals surface area contributed by atoms with E-state index in [4.69, 9.17) is 5.73 Å². The lowest BCUT2D eigenvalue weighted by molar-refractivity contribution is -0.116. The fourth-order valence-corrected chi connectivity index (χ4v) is 2.87. The molecule has 3 rings (SSSR count). The van der Waals surface area contributed by atoms with E-state index < -0.39 is 0 Å². The van der Waals surface area contributed by atoms with Gasteiger partial charge in [-0.2, -0.15) is 0 Å². The van der Waals surface area contributed by atoms with E-state index in [9.17, 15) is 4.79 Å². The number of benzene rings is 1. The molecule has 1 heterocycles. The topological polar surface area (TPSA) is 55.1 Å². The summed E-state index contributed by atoms with van der Waals surface area (Å²) in [7, 11) is 0. The first-order valence-corrected chi connectivity index (χ1v) is 6.92. The molecule has 96 valence electrons. The molecule has 1 unspecified atom stereocenters. The third-order valence-electron chi connectivity index (χ3n) is 4.30. The molecule has 1 saturated carbocycles. The van der Waals surface area contributed by atoms with Crippen molar-refractivity contribution in [3.63, 3.8) is 0 Å². The highest BCUT2D eigenvalue weighted by Gasteiger charge is 2.26. The van der Waals surface area contributed by atoms with Gasteiger partial charge in [-0.3, -0.25) is 4.79 Å². The summed E-state index contributed by atoms with van der Waals surface area (Å²) in [5, 5.41) is 2.97. The van der Waals surface area contributed by atoms with E-state index in [0.717, 1.165) is 18.5 Å². The van der Waals surface area contributed by atoms with Crippen LogP contribution < -0.4 is 11.1 Å². The second-order valence-corrected chi connectivity index (χ2v) is 5.54. The molecule has 3 nitrogen and oxygen atoms in total. The fraction of sp³-hybridized carbons (Fsp3) is 0.533. The van der Waals surface area contributed by atoms with Crippen molar-refractivity contribution >= 4 is 11.6 Å². The van der Waals surface area contributed by atoms with Gasteiger partial charge in [-0.15, -0.1) is 0 Å². The highest BCUT2D eigenvalue weighted by Crippen LogP contribution is 2.37. The number of aryl methyl sites for hydroxylation is 1. The lowest BCUT2D eigenvalue weighted by Gasteiger charge is -2.31. The minimum atomic E-state index is 0.129. The summed E-state index contributed by atoms with van der Waals surface area (Å²) < 4.78 is 0. The Morgan fingerprint density at radius 1 is 1.22 bits per heavy atom. The highest BCUT2D eigenvalue weighted by atomic mass is 16.1. The molecule has 2 aliphatic rings. The Hall–Kier alpha value is -1.35. The number of nitrogens with two attached hydrogens (primary N) is 1. The van der Waals surface area contributed by atoms with Crippen molar-refractivity contribution in [1.82, 2.24) is 0 Å².